The number of hydrogen-bond donors (Lipinski definition) is 2. The molecule has 28 heavy (non-hydrogen) atoms. The number of H-pyrrole nitrogens is 1. The molecule has 0 atom stereocenters. The first kappa shape index (κ1) is 17.5. The molecule has 3 heterocycles. The van der Waals surface area contributed by atoms with Crippen molar-refractivity contribution in [3.63, 3.8) is 0 Å². The van der Waals surface area contributed by atoms with Crippen molar-refractivity contribution < 1.29 is 9.53 Å². The lowest BCUT2D eigenvalue weighted by Crippen LogP contribution is -2.19. The first-order chi connectivity index (χ1) is 13.5. The molecule has 0 saturated carbocycles. The van der Waals surface area contributed by atoms with E-state index in [2.05, 4.69) is 25.5 Å². The number of hydrogen-bond acceptors (Lipinski definition) is 6. The third-order valence-corrected chi connectivity index (χ3v) is 4.22. The Balaban J connectivity index is 1.72. The molecule has 4 aromatic rings. The number of carbonyl (C=O) groups excluding carboxylic acids is 1. The Morgan fingerprint density at radius 2 is 2.00 bits per heavy atom. The maximum absolute atomic E-state index is 12.6. The molecule has 1 aromatic carbocycles. The fraction of sp³-hybridized carbons (Fsp3) is 0.167. The van der Waals surface area contributed by atoms with Gasteiger partial charge in [0.1, 0.15) is 17.0 Å². The molecule has 10 heteroatoms. The van der Waals surface area contributed by atoms with Crippen LogP contribution in [-0.2, 0) is 7.05 Å². The maximum atomic E-state index is 12.6. The molecule has 0 saturated heterocycles. The van der Waals surface area contributed by atoms with Crippen LogP contribution in [0.1, 0.15) is 16.1 Å². The molecule has 142 valence electrons. The number of rotatable bonds is 4. The molecule has 3 aromatic heterocycles. The van der Waals surface area contributed by atoms with Crippen molar-refractivity contribution in [1.29, 1.82) is 0 Å². The number of aromatic nitrogens is 6. The predicted molar refractivity (Wildman–Crippen MR) is 102 cm³/mol. The number of fused-ring (bicyclic) bond motifs is 1. The topological polar surface area (TPSA) is 120 Å². The number of benzene rings is 1. The highest BCUT2D eigenvalue weighted by Gasteiger charge is 2.16. The van der Waals surface area contributed by atoms with Gasteiger partial charge in [0.15, 0.2) is 5.65 Å². The van der Waals surface area contributed by atoms with E-state index in [4.69, 9.17) is 4.74 Å². The Morgan fingerprint density at radius 1 is 1.25 bits per heavy atom. The van der Waals surface area contributed by atoms with Crippen molar-refractivity contribution in [1.82, 2.24) is 29.5 Å². The van der Waals surface area contributed by atoms with E-state index in [1.165, 1.54) is 15.6 Å². The summed E-state index contributed by atoms with van der Waals surface area (Å²) >= 11 is 0. The normalized spacial score (nSPS) is 11.0. The first-order valence-electron chi connectivity index (χ1n) is 8.41. The second-order valence-electron chi connectivity index (χ2n) is 6.16. The van der Waals surface area contributed by atoms with Crippen molar-refractivity contribution in [3.8, 4) is 11.7 Å². The summed E-state index contributed by atoms with van der Waals surface area (Å²) < 4.78 is 7.98. The van der Waals surface area contributed by atoms with E-state index in [0.29, 0.717) is 33.9 Å². The minimum Gasteiger partial charge on any atom is -0.497 e. The van der Waals surface area contributed by atoms with Crippen molar-refractivity contribution in [2.45, 2.75) is 6.92 Å². The molecular weight excluding hydrogens is 362 g/mol. The van der Waals surface area contributed by atoms with E-state index >= 15 is 0 Å². The van der Waals surface area contributed by atoms with Crippen LogP contribution in [0.3, 0.4) is 0 Å². The number of aryl methyl sites for hydroxylation is 2. The van der Waals surface area contributed by atoms with Crippen molar-refractivity contribution in [2.24, 2.45) is 7.05 Å². The molecule has 0 spiro atoms. The van der Waals surface area contributed by atoms with Crippen LogP contribution in [0, 0.1) is 6.92 Å². The van der Waals surface area contributed by atoms with Crippen molar-refractivity contribution >= 4 is 22.8 Å². The lowest BCUT2D eigenvalue weighted by Gasteiger charge is -2.09. The van der Waals surface area contributed by atoms with Crippen LogP contribution in [0.2, 0.25) is 0 Å². The zero-order valence-electron chi connectivity index (χ0n) is 15.4. The van der Waals surface area contributed by atoms with Gasteiger partial charge in [-0.1, -0.05) is 0 Å². The average molecular weight is 379 g/mol. The first-order valence-corrected chi connectivity index (χ1v) is 8.41. The van der Waals surface area contributed by atoms with E-state index in [1.54, 1.807) is 51.4 Å². The number of nitrogens with one attached hydrogen (secondary N) is 2. The van der Waals surface area contributed by atoms with Crippen molar-refractivity contribution in [3.05, 3.63) is 58.1 Å². The summed E-state index contributed by atoms with van der Waals surface area (Å²) in [6, 6.07) is 8.40. The lowest BCUT2D eigenvalue weighted by atomic mass is 10.2. The standard InChI is InChI=1S/C18H17N7O3/c1-10-8-14(20-16(26)11-4-6-12(28-3)7-5-11)25(23-10)18-21-15-13(17(27)22-18)9-19-24(15)2/h4-9H,1-3H3,(H,20,26)(H,21,22,27). The summed E-state index contributed by atoms with van der Waals surface area (Å²) in [7, 11) is 3.25. The SMILES string of the molecule is COc1ccc(C(=O)Nc2cc(C)nn2-c2nc3c(cnn3C)c(=O)[nH]2)cc1. The third-order valence-electron chi connectivity index (χ3n) is 4.22. The highest BCUT2D eigenvalue weighted by atomic mass is 16.5. The van der Waals surface area contributed by atoms with E-state index < -0.39 is 0 Å². The second kappa shape index (κ2) is 6.65. The summed E-state index contributed by atoms with van der Waals surface area (Å²) in [5.41, 5.74) is 1.18. The summed E-state index contributed by atoms with van der Waals surface area (Å²) in [6.07, 6.45) is 1.45. The Labute approximate surface area is 158 Å². The molecule has 2 N–H and O–H groups in total. The Hall–Kier alpha value is -3.95. The van der Waals surface area contributed by atoms with Gasteiger partial charge in [-0.25, -0.2) is 0 Å². The number of nitrogens with zero attached hydrogens (tertiary/aromatic N) is 5. The van der Waals surface area contributed by atoms with Gasteiger partial charge in [0, 0.05) is 18.7 Å². The predicted octanol–water partition coefficient (Wildman–Crippen LogP) is 1.41. The van der Waals surface area contributed by atoms with Crippen LogP contribution in [0.15, 0.2) is 41.3 Å². The van der Waals surface area contributed by atoms with Gasteiger partial charge in [-0.3, -0.25) is 19.3 Å². The van der Waals surface area contributed by atoms with Crippen LogP contribution in [0.5, 0.6) is 5.75 Å². The highest BCUT2D eigenvalue weighted by Crippen LogP contribution is 2.17. The lowest BCUT2D eigenvalue weighted by molar-refractivity contribution is 0.102. The van der Waals surface area contributed by atoms with Gasteiger partial charge in [-0.15, -0.1) is 0 Å². The molecule has 4 rings (SSSR count). The largest absolute Gasteiger partial charge is 0.497 e. The van der Waals surface area contributed by atoms with Gasteiger partial charge in [-0.2, -0.15) is 19.9 Å². The molecular formula is C18H17N7O3. The smallest absolute Gasteiger partial charge is 0.263 e. The van der Waals surface area contributed by atoms with Crippen molar-refractivity contribution in [2.75, 3.05) is 12.4 Å². The summed E-state index contributed by atoms with van der Waals surface area (Å²) in [5.74, 6) is 0.888. The van der Waals surface area contributed by atoms with E-state index in [0.717, 1.165) is 0 Å². The fourth-order valence-corrected chi connectivity index (χ4v) is 2.80. The number of ether oxygens (including phenoxy) is 1. The summed E-state index contributed by atoms with van der Waals surface area (Å²) in [4.78, 5) is 32.0. The number of carbonyl (C=O) groups is 1. The van der Waals surface area contributed by atoms with Gasteiger partial charge < -0.3 is 10.1 Å². The van der Waals surface area contributed by atoms with Gasteiger partial charge in [0.25, 0.3) is 11.5 Å². The van der Waals surface area contributed by atoms with E-state index in [1.807, 2.05) is 0 Å². The molecule has 1 amide bonds. The van der Waals surface area contributed by atoms with Gasteiger partial charge >= 0.3 is 0 Å². The average Bonchev–Trinajstić information content (AvgIpc) is 3.24. The number of aromatic amines is 1. The summed E-state index contributed by atoms with van der Waals surface area (Å²) in [5, 5.41) is 11.6. The van der Waals surface area contributed by atoms with E-state index in [9.17, 15) is 9.59 Å². The molecule has 0 bridgehead atoms. The minimum atomic E-state index is -0.339. The molecule has 0 aliphatic carbocycles. The van der Waals surface area contributed by atoms with Crippen LogP contribution >= 0.6 is 0 Å². The number of amides is 1. The van der Waals surface area contributed by atoms with E-state index in [-0.39, 0.29) is 17.4 Å². The molecule has 0 fully saturated rings. The van der Waals surface area contributed by atoms with Gasteiger partial charge in [0.05, 0.1) is 19.0 Å². The monoisotopic (exact) mass is 379 g/mol. The Kier molecular flexibility index (Phi) is 4.15. The third kappa shape index (κ3) is 3.00. The molecule has 0 aliphatic rings. The quantitative estimate of drug-likeness (QED) is 0.553. The zero-order valence-corrected chi connectivity index (χ0v) is 15.4. The fourth-order valence-electron chi connectivity index (χ4n) is 2.80. The molecule has 10 nitrogen and oxygen atoms in total. The number of anilines is 1. The van der Waals surface area contributed by atoms with Gasteiger partial charge in [0.2, 0.25) is 5.95 Å². The highest BCUT2D eigenvalue weighted by molar-refractivity contribution is 6.04. The minimum absolute atomic E-state index is 0.180. The maximum Gasteiger partial charge on any atom is 0.263 e. The Bertz CT molecular complexity index is 1230. The van der Waals surface area contributed by atoms with Gasteiger partial charge in [-0.05, 0) is 31.2 Å². The molecule has 0 unspecified atom stereocenters. The number of methoxy groups -OCH3 is 1. The Morgan fingerprint density at radius 3 is 2.71 bits per heavy atom. The van der Waals surface area contributed by atoms with Crippen LogP contribution in [0.4, 0.5) is 5.82 Å². The second-order valence-corrected chi connectivity index (χ2v) is 6.16. The molecule has 0 aliphatic heterocycles. The molecule has 0 radical (unpaired) electrons. The van der Waals surface area contributed by atoms with Crippen LogP contribution in [0.25, 0.3) is 17.0 Å². The van der Waals surface area contributed by atoms with Crippen LogP contribution in [-0.4, -0.2) is 42.5 Å². The zero-order chi connectivity index (χ0) is 19.8. The van der Waals surface area contributed by atoms with Crippen LogP contribution < -0.4 is 15.6 Å². The summed E-state index contributed by atoms with van der Waals surface area (Å²) in [6.45, 7) is 1.78.